The summed E-state index contributed by atoms with van der Waals surface area (Å²) in [6.45, 7) is 0.165. The molecule has 2 heterocycles. The number of carbonyl (C=O) groups excluding carboxylic acids is 4. The van der Waals surface area contributed by atoms with E-state index in [9.17, 15) is 19.2 Å². The summed E-state index contributed by atoms with van der Waals surface area (Å²) < 4.78 is 10.9. The molecule has 1 atom stereocenters. The number of ketones is 1. The number of esters is 1. The number of anilines is 2. The summed E-state index contributed by atoms with van der Waals surface area (Å²) in [6.07, 6.45) is 1.27. The number of para-hydroxylation sites is 1. The molecule has 2 aliphatic rings. The maximum absolute atomic E-state index is 12.6. The zero-order valence-corrected chi connectivity index (χ0v) is 18.7. The average Bonchev–Trinajstić information content (AvgIpc) is 3.51. The number of hydrogen-bond donors (Lipinski definition) is 1. The highest BCUT2D eigenvalue weighted by Crippen LogP contribution is 2.29. The summed E-state index contributed by atoms with van der Waals surface area (Å²) in [5, 5.41) is 2.77. The van der Waals surface area contributed by atoms with Gasteiger partial charge in [0.25, 0.3) is 5.91 Å². The van der Waals surface area contributed by atoms with Crippen molar-refractivity contribution in [1.82, 2.24) is 0 Å². The minimum absolute atomic E-state index is 0.210. The van der Waals surface area contributed by atoms with Crippen LogP contribution in [0.1, 0.15) is 31.8 Å². The van der Waals surface area contributed by atoms with Crippen LogP contribution in [-0.4, -0.2) is 43.3 Å². The molecule has 0 saturated heterocycles. The Balaban J connectivity index is 1.18. The molecular weight excluding hydrogens is 448 g/mol. The van der Waals surface area contributed by atoms with Gasteiger partial charge in [-0.3, -0.25) is 14.4 Å². The van der Waals surface area contributed by atoms with E-state index in [-0.39, 0.29) is 17.3 Å². The van der Waals surface area contributed by atoms with Gasteiger partial charge < -0.3 is 19.7 Å². The van der Waals surface area contributed by atoms with Crippen LogP contribution in [-0.2, 0) is 27.2 Å². The van der Waals surface area contributed by atoms with E-state index in [2.05, 4.69) is 5.32 Å². The lowest BCUT2D eigenvalue weighted by molar-refractivity contribution is -0.122. The minimum atomic E-state index is -0.674. The second-order valence-electron chi connectivity index (χ2n) is 8.38. The van der Waals surface area contributed by atoms with Crippen LogP contribution >= 0.6 is 0 Å². The van der Waals surface area contributed by atoms with Gasteiger partial charge in [-0.1, -0.05) is 24.3 Å². The molecule has 176 valence electrons. The molecular formula is C27H22N2O6. The highest BCUT2D eigenvalue weighted by atomic mass is 16.5. The van der Waals surface area contributed by atoms with E-state index in [1.165, 1.54) is 6.07 Å². The zero-order chi connectivity index (χ0) is 24.4. The van der Waals surface area contributed by atoms with Crippen LogP contribution in [0.4, 0.5) is 11.4 Å². The first kappa shape index (κ1) is 22.3. The SMILES string of the molecule is O=CN1CCc2cc(C(=O)COC(=O)c3cccc(NC(=O)C4Cc5ccccc5O4)c3)ccc21. The molecule has 1 N–H and O–H groups in total. The standard InChI is InChI=1S/C27H22N2O6/c30-16-29-11-10-17-12-18(8-9-22(17)29)23(31)15-34-27(33)20-5-3-6-21(13-20)28-26(32)25-14-19-4-1-2-7-24(19)35-25/h1-9,12-13,16,25H,10-11,14-15H2,(H,28,32). The lowest BCUT2D eigenvalue weighted by Gasteiger charge is -2.12. The summed E-state index contributed by atoms with van der Waals surface area (Å²) >= 11 is 0. The largest absolute Gasteiger partial charge is 0.480 e. The van der Waals surface area contributed by atoms with Crippen molar-refractivity contribution in [3.8, 4) is 5.75 Å². The third kappa shape index (κ3) is 4.63. The lowest BCUT2D eigenvalue weighted by Crippen LogP contribution is -2.31. The average molecular weight is 470 g/mol. The van der Waals surface area contributed by atoms with Crippen molar-refractivity contribution >= 4 is 35.4 Å². The molecule has 1 unspecified atom stereocenters. The van der Waals surface area contributed by atoms with Crippen LogP contribution in [0.2, 0.25) is 0 Å². The Kier molecular flexibility index (Phi) is 6.01. The van der Waals surface area contributed by atoms with Gasteiger partial charge in [-0.15, -0.1) is 0 Å². The number of Topliss-reactive ketones (excluding diaryl/α,β-unsaturated/α-hetero) is 1. The highest BCUT2D eigenvalue weighted by Gasteiger charge is 2.29. The number of benzene rings is 3. The second kappa shape index (κ2) is 9.42. The van der Waals surface area contributed by atoms with E-state index >= 15 is 0 Å². The Morgan fingerprint density at radius 2 is 1.86 bits per heavy atom. The fraction of sp³-hybridized carbons (Fsp3) is 0.185. The fourth-order valence-electron chi connectivity index (χ4n) is 4.28. The van der Waals surface area contributed by atoms with E-state index in [1.54, 1.807) is 41.3 Å². The van der Waals surface area contributed by atoms with Crippen LogP contribution in [0.25, 0.3) is 0 Å². The second-order valence-corrected chi connectivity index (χ2v) is 8.38. The van der Waals surface area contributed by atoms with Gasteiger partial charge >= 0.3 is 5.97 Å². The van der Waals surface area contributed by atoms with E-state index in [0.29, 0.717) is 36.4 Å². The lowest BCUT2D eigenvalue weighted by atomic mass is 10.1. The van der Waals surface area contributed by atoms with Crippen molar-refractivity contribution in [2.24, 2.45) is 0 Å². The van der Waals surface area contributed by atoms with Gasteiger partial charge in [0, 0.05) is 29.9 Å². The number of amides is 2. The summed E-state index contributed by atoms with van der Waals surface area (Å²) in [5.74, 6) is -0.633. The predicted octanol–water partition coefficient (Wildman–Crippen LogP) is 3.19. The molecule has 5 rings (SSSR count). The van der Waals surface area contributed by atoms with Crippen molar-refractivity contribution in [2.75, 3.05) is 23.4 Å². The number of ether oxygens (including phenoxy) is 2. The zero-order valence-electron chi connectivity index (χ0n) is 18.7. The molecule has 0 fully saturated rings. The number of nitrogens with one attached hydrogen (secondary N) is 1. The summed E-state index contributed by atoms with van der Waals surface area (Å²) in [5.41, 5.74) is 3.73. The van der Waals surface area contributed by atoms with Crippen LogP contribution < -0.4 is 15.0 Å². The third-order valence-electron chi connectivity index (χ3n) is 6.10. The molecule has 0 saturated carbocycles. The highest BCUT2D eigenvalue weighted by molar-refractivity contribution is 6.01. The van der Waals surface area contributed by atoms with Gasteiger partial charge in [0.05, 0.1) is 5.56 Å². The Labute approximate surface area is 201 Å². The number of carbonyl (C=O) groups is 4. The first-order valence-electron chi connectivity index (χ1n) is 11.2. The minimum Gasteiger partial charge on any atom is -0.480 e. The maximum atomic E-state index is 12.6. The number of hydrogen-bond acceptors (Lipinski definition) is 6. The van der Waals surface area contributed by atoms with Gasteiger partial charge in [-0.25, -0.2) is 4.79 Å². The molecule has 0 aromatic heterocycles. The molecule has 8 nitrogen and oxygen atoms in total. The van der Waals surface area contributed by atoms with Gasteiger partial charge in [-0.2, -0.15) is 0 Å². The third-order valence-corrected chi connectivity index (χ3v) is 6.10. The van der Waals surface area contributed by atoms with Crippen LogP contribution in [0.5, 0.6) is 5.75 Å². The molecule has 3 aromatic rings. The van der Waals surface area contributed by atoms with Crippen molar-refractivity contribution in [1.29, 1.82) is 0 Å². The van der Waals surface area contributed by atoms with E-state index in [0.717, 1.165) is 23.2 Å². The summed E-state index contributed by atoms with van der Waals surface area (Å²) in [4.78, 5) is 50.4. The molecule has 0 aliphatic carbocycles. The monoisotopic (exact) mass is 470 g/mol. The Hall–Kier alpha value is -4.46. The number of rotatable bonds is 7. The van der Waals surface area contributed by atoms with Crippen molar-refractivity contribution in [3.63, 3.8) is 0 Å². The maximum Gasteiger partial charge on any atom is 0.338 e. The van der Waals surface area contributed by atoms with Crippen molar-refractivity contribution in [3.05, 3.63) is 89.0 Å². The van der Waals surface area contributed by atoms with Crippen molar-refractivity contribution < 1.29 is 28.7 Å². The molecule has 2 amide bonds. The smallest absolute Gasteiger partial charge is 0.338 e. The first-order chi connectivity index (χ1) is 17.0. The molecule has 8 heteroatoms. The van der Waals surface area contributed by atoms with Crippen LogP contribution in [0.15, 0.2) is 66.7 Å². The van der Waals surface area contributed by atoms with Gasteiger partial charge in [0.1, 0.15) is 5.75 Å². The van der Waals surface area contributed by atoms with Crippen LogP contribution in [0.3, 0.4) is 0 Å². The first-order valence-corrected chi connectivity index (χ1v) is 11.2. The van der Waals surface area contributed by atoms with Gasteiger partial charge in [0.15, 0.2) is 18.5 Å². The molecule has 2 aliphatic heterocycles. The normalized spacial score (nSPS) is 15.5. The number of nitrogens with zero attached hydrogens (tertiary/aromatic N) is 1. The quantitative estimate of drug-likeness (QED) is 0.323. The molecule has 35 heavy (non-hydrogen) atoms. The molecule has 3 aromatic carbocycles. The van der Waals surface area contributed by atoms with Gasteiger partial charge in [0.2, 0.25) is 6.41 Å². The van der Waals surface area contributed by atoms with Gasteiger partial charge in [-0.05, 0) is 60.0 Å². The fourth-order valence-corrected chi connectivity index (χ4v) is 4.28. The Morgan fingerprint density at radius 1 is 1.00 bits per heavy atom. The predicted molar refractivity (Wildman–Crippen MR) is 128 cm³/mol. The van der Waals surface area contributed by atoms with Crippen molar-refractivity contribution in [2.45, 2.75) is 18.9 Å². The summed E-state index contributed by atoms with van der Waals surface area (Å²) in [6, 6.07) is 18.9. The molecule has 0 radical (unpaired) electrons. The topological polar surface area (TPSA) is 102 Å². The van der Waals surface area contributed by atoms with E-state index < -0.39 is 18.7 Å². The number of fused-ring (bicyclic) bond motifs is 2. The van der Waals surface area contributed by atoms with Crippen LogP contribution in [0, 0.1) is 0 Å². The summed E-state index contributed by atoms with van der Waals surface area (Å²) in [7, 11) is 0. The Morgan fingerprint density at radius 3 is 2.69 bits per heavy atom. The Bertz CT molecular complexity index is 1310. The molecule has 0 spiro atoms. The van der Waals surface area contributed by atoms with E-state index in [1.807, 2.05) is 24.3 Å². The molecule has 0 bridgehead atoms. The van der Waals surface area contributed by atoms with E-state index in [4.69, 9.17) is 9.47 Å².